The Morgan fingerprint density at radius 1 is 1.40 bits per heavy atom. The Kier molecular flexibility index (Phi) is 1.37. The normalized spacial score (nSPS) is 10.5. The van der Waals surface area contributed by atoms with Crippen molar-refractivity contribution in [2.75, 3.05) is 0 Å². The molecule has 0 saturated heterocycles. The van der Waals surface area contributed by atoms with Crippen LogP contribution in [-0.2, 0) is 0 Å². The Bertz CT molecular complexity index is 351. The van der Waals surface area contributed by atoms with Crippen molar-refractivity contribution in [3.63, 3.8) is 0 Å². The number of rotatable bonds is 0. The minimum absolute atomic E-state index is 0.371. The molecule has 0 unspecified atom stereocenters. The maximum absolute atomic E-state index is 4.37. The van der Waals surface area contributed by atoms with Crippen LogP contribution in [0.5, 0.6) is 0 Å². The fourth-order valence-electron chi connectivity index (χ4n) is 0.972. The number of hydrogen-bond acceptors (Lipinski definition) is 1. The molecule has 0 atom stereocenters. The van der Waals surface area contributed by atoms with Gasteiger partial charge in [-0.2, -0.15) is 0 Å². The first-order valence-electron chi connectivity index (χ1n) is 3.17. The summed E-state index contributed by atoms with van der Waals surface area (Å²) in [7, 11) is 0. The van der Waals surface area contributed by atoms with Crippen LogP contribution in [0.4, 0.5) is 0 Å². The summed E-state index contributed by atoms with van der Waals surface area (Å²) < 4.78 is 4.37. The Hall–Kier alpha value is -0.591. The molecule has 50 valence electrons. The first-order valence-corrected chi connectivity index (χ1v) is 4.92. The molecule has 1 aromatic carbocycles. The Balaban J connectivity index is 2.86. The molecule has 0 aliphatic heterocycles. The summed E-state index contributed by atoms with van der Waals surface area (Å²) in [4.78, 5) is 2.21. The van der Waals surface area contributed by atoms with Gasteiger partial charge in [0.2, 0.25) is 0 Å². The summed E-state index contributed by atoms with van der Waals surface area (Å²) in [5, 5.41) is 1.31. The Morgan fingerprint density at radius 2 is 2.30 bits per heavy atom. The zero-order valence-electron chi connectivity index (χ0n) is 5.66. The Labute approximate surface area is 65.7 Å². The Morgan fingerprint density at radius 3 is 3.20 bits per heavy atom. The average Bonchev–Trinajstić information content (AvgIpc) is 2.33. The van der Waals surface area contributed by atoms with Crippen LogP contribution in [-0.4, -0.2) is 18.7 Å². The first-order chi connectivity index (χ1) is 4.86. The molecular formula is C8H7NSe. The molecule has 2 aromatic rings. The summed E-state index contributed by atoms with van der Waals surface area (Å²) in [6, 6.07) is 6.41. The zero-order chi connectivity index (χ0) is 6.97. The molecule has 1 aromatic heterocycles. The standard InChI is InChI=1S/C8H7NSe/c1-6-2-3-7-5-10-9-8(7)4-6/h2-5H,1H3. The second-order valence-corrected chi connectivity index (χ2v) is 3.70. The van der Waals surface area contributed by atoms with Gasteiger partial charge in [0.15, 0.2) is 0 Å². The van der Waals surface area contributed by atoms with E-state index in [9.17, 15) is 0 Å². The van der Waals surface area contributed by atoms with Crippen LogP contribution in [0.1, 0.15) is 5.56 Å². The van der Waals surface area contributed by atoms with Crippen molar-refractivity contribution in [3.05, 3.63) is 28.7 Å². The van der Waals surface area contributed by atoms with E-state index < -0.39 is 0 Å². The van der Waals surface area contributed by atoms with E-state index in [0.717, 1.165) is 0 Å². The number of aromatic nitrogens is 1. The first kappa shape index (κ1) is 6.14. The van der Waals surface area contributed by atoms with Crippen LogP contribution in [0, 0.1) is 6.92 Å². The van der Waals surface area contributed by atoms with E-state index in [1.807, 2.05) is 0 Å². The molecule has 10 heavy (non-hydrogen) atoms. The van der Waals surface area contributed by atoms with E-state index in [1.54, 1.807) is 0 Å². The fourth-order valence-corrected chi connectivity index (χ4v) is 2.31. The number of hydrogen-bond donors (Lipinski definition) is 0. The molecule has 0 saturated carbocycles. The van der Waals surface area contributed by atoms with Gasteiger partial charge in [0, 0.05) is 0 Å². The van der Waals surface area contributed by atoms with Gasteiger partial charge in [-0.1, -0.05) is 0 Å². The molecule has 0 fully saturated rings. The molecule has 0 N–H and O–H groups in total. The van der Waals surface area contributed by atoms with E-state index in [4.69, 9.17) is 0 Å². The number of aryl methyl sites for hydroxylation is 1. The summed E-state index contributed by atoms with van der Waals surface area (Å²) >= 11 is 0.371. The van der Waals surface area contributed by atoms with E-state index in [0.29, 0.717) is 14.7 Å². The van der Waals surface area contributed by atoms with Gasteiger partial charge < -0.3 is 0 Å². The van der Waals surface area contributed by atoms with Crippen LogP contribution < -0.4 is 0 Å². The molecule has 2 heteroatoms. The van der Waals surface area contributed by atoms with Gasteiger partial charge in [0.25, 0.3) is 0 Å². The third kappa shape index (κ3) is 0.898. The molecule has 1 nitrogen and oxygen atoms in total. The van der Waals surface area contributed by atoms with Crippen LogP contribution in [0.25, 0.3) is 10.9 Å². The van der Waals surface area contributed by atoms with Gasteiger partial charge >= 0.3 is 65.2 Å². The summed E-state index contributed by atoms with van der Waals surface area (Å²) in [5.41, 5.74) is 2.48. The molecule has 0 bridgehead atoms. The van der Waals surface area contributed by atoms with Gasteiger partial charge in [-0.05, 0) is 0 Å². The molecular weight excluding hydrogens is 189 g/mol. The van der Waals surface area contributed by atoms with Crippen molar-refractivity contribution in [2.45, 2.75) is 6.92 Å². The minimum atomic E-state index is 0.371. The molecule has 0 aliphatic rings. The van der Waals surface area contributed by atoms with Crippen molar-refractivity contribution in [2.24, 2.45) is 0 Å². The number of nitrogens with zero attached hydrogens (tertiary/aromatic N) is 1. The average molecular weight is 196 g/mol. The third-order valence-corrected chi connectivity index (χ3v) is 2.90. The van der Waals surface area contributed by atoms with E-state index in [1.165, 1.54) is 16.5 Å². The third-order valence-electron chi connectivity index (χ3n) is 1.52. The van der Waals surface area contributed by atoms with E-state index in [-0.39, 0.29) is 0 Å². The molecule has 0 radical (unpaired) electrons. The fraction of sp³-hybridized carbons (Fsp3) is 0.125. The SMILES string of the molecule is Cc1ccc2c[se]nc2c1. The van der Waals surface area contributed by atoms with E-state index >= 15 is 0 Å². The summed E-state index contributed by atoms with van der Waals surface area (Å²) in [6.07, 6.45) is 0. The van der Waals surface area contributed by atoms with Crippen molar-refractivity contribution >= 4 is 25.6 Å². The number of benzene rings is 1. The van der Waals surface area contributed by atoms with Crippen LogP contribution >= 0.6 is 0 Å². The van der Waals surface area contributed by atoms with Crippen LogP contribution in [0.3, 0.4) is 0 Å². The van der Waals surface area contributed by atoms with Gasteiger partial charge in [-0.25, -0.2) is 0 Å². The second kappa shape index (κ2) is 2.22. The van der Waals surface area contributed by atoms with E-state index in [2.05, 4.69) is 34.0 Å². The van der Waals surface area contributed by atoms with Crippen LogP contribution in [0.15, 0.2) is 23.1 Å². The number of fused-ring (bicyclic) bond motifs is 1. The van der Waals surface area contributed by atoms with Gasteiger partial charge in [0.1, 0.15) is 0 Å². The van der Waals surface area contributed by atoms with Crippen LogP contribution in [0.2, 0.25) is 0 Å². The maximum atomic E-state index is 4.37. The van der Waals surface area contributed by atoms with Crippen molar-refractivity contribution in [1.29, 1.82) is 0 Å². The molecule has 1 heterocycles. The van der Waals surface area contributed by atoms with Crippen molar-refractivity contribution < 1.29 is 0 Å². The van der Waals surface area contributed by atoms with Gasteiger partial charge in [-0.15, -0.1) is 0 Å². The summed E-state index contributed by atoms with van der Waals surface area (Å²) in [5.74, 6) is 0. The second-order valence-electron chi connectivity index (χ2n) is 2.38. The monoisotopic (exact) mass is 197 g/mol. The quantitative estimate of drug-likeness (QED) is 0.583. The summed E-state index contributed by atoms with van der Waals surface area (Å²) in [6.45, 7) is 2.10. The molecule has 2 rings (SSSR count). The predicted octanol–water partition coefficient (Wildman–Crippen LogP) is 1.60. The molecule has 0 spiro atoms. The van der Waals surface area contributed by atoms with Gasteiger partial charge in [0.05, 0.1) is 0 Å². The zero-order valence-corrected chi connectivity index (χ0v) is 7.38. The topological polar surface area (TPSA) is 12.9 Å². The predicted molar refractivity (Wildman–Crippen MR) is 43.4 cm³/mol. The van der Waals surface area contributed by atoms with Crippen molar-refractivity contribution in [3.8, 4) is 0 Å². The van der Waals surface area contributed by atoms with Crippen molar-refractivity contribution in [1.82, 2.24) is 3.98 Å². The van der Waals surface area contributed by atoms with Gasteiger partial charge in [-0.3, -0.25) is 0 Å². The molecule has 0 aliphatic carbocycles. The molecule has 0 amide bonds.